The molecule has 2 saturated carbocycles. The Balaban J connectivity index is 1.55. The number of rotatable bonds is 5. The fourth-order valence-corrected chi connectivity index (χ4v) is 7.16. The molecule has 9 nitrogen and oxygen atoms in total. The highest BCUT2D eigenvalue weighted by atomic mass is 16.5. The predicted octanol–water partition coefficient (Wildman–Crippen LogP) is 2.11. The third kappa shape index (κ3) is 4.03. The SMILES string of the molecule is CCCN1CCOCC1c1cc(O)c2c(c1OC)CC1CC3CC(=O)C(C(C)=O)C(=O)C3C(=O)C1C2=O. The number of ketones is 5. The maximum absolute atomic E-state index is 13.7. The van der Waals surface area contributed by atoms with Gasteiger partial charge in [-0.05, 0) is 50.6 Å². The van der Waals surface area contributed by atoms with Gasteiger partial charge in [-0.25, -0.2) is 0 Å². The number of phenols is 1. The summed E-state index contributed by atoms with van der Waals surface area (Å²) >= 11 is 0. The minimum absolute atomic E-state index is 0.0233. The highest BCUT2D eigenvalue weighted by molar-refractivity contribution is 6.28. The number of aromatic hydroxyl groups is 1. The fraction of sp³-hybridized carbons (Fsp3) is 0.607. The molecule has 1 aromatic carbocycles. The van der Waals surface area contributed by atoms with Gasteiger partial charge in [0.2, 0.25) is 0 Å². The second kappa shape index (κ2) is 9.76. The quantitative estimate of drug-likeness (QED) is 0.591. The lowest BCUT2D eigenvalue weighted by molar-refractivity contribution is -0.152. The van der Waals surface area contributed by atoms with Crippen LogP contribution in [0.15, 0.2) is 6.07 Å². The van der Waals surface area contributed by atoms with Gasteiger partial charge in [0.15, 0.2) is 23.1 Å². The van der Waals surface area contributed by atoms with Crippen molar-refractivity contribution in [2.45, 2.75) is 45.6 Å². The molecule has 9 heteroatoms. The molecule has 3 aliphatic carbocycles. The molecule has 0 bridgehead atoms. The summed E-state index contributed by atoms with van der Waals surface area (Å²) in [4.78, 5) is 67.2. The second-order valence-corrected chi connectivity index (χ2v) is 10.8. The zero-order valence-corrected chi connectivity index (χ0v) is 21.5. The number of methoxy groups -OCH3 is 1. The standard InChI is InChI=1S/C28H33NO8/c1-4-5-29-6-7-37-12-18(29)16-11-20(32)24-17(28(16)36-3)9-14-8-15-10-19(31)21(13(2)30)25(33)23(15)26(34)22(14)27(24)35/h11,14-15,18,21-23,32H,4-10,12H2,1-3H3. The van der Waals surface area contributed by atoms with E-state index in [1.54, 1.807) is 6.07 Å². The Bertz CT molecular complexity index is 1190. The van der Waals surface area contributed by atoms with Gasteiger partial charge in [-0.2, -0.15) is 0 Å². The van der Waals surface area contributed by atoms with E-state index in [0.717, 1.165) is 25.1 Å². The van der Waals surface area contributed by atoms with Crippen LogP contribution in [0, 0.1) is 29.6 Å². The van der Waals surface area contributed by atoms with Gasteiger partial charge < -0.3 is 14.6 Å². The number of morpholine rings is 1. The maximum atomic E-state index is 13.7. The van der Waals surface area contributed by atoms with Crippen LogP contribution >= 0.6 is 0 Å². The topological polar surface area (TPSA) is 127 Å². The molecule has 0 aromatic heterocycles. The summed E-state index contributed by atoms with van der Waals surface area (Å²) < 4.78 is 11.6. The van der Waals surface area contributed by atoms with Gasteiger partial charge in [0.25, 0.3) is 0 Å². The Hall–Kier alpha value is -2.91. The third-order valence-electron chi connectivity index (χ3n) is 8.64. The van der Waals surface area contributed by atoms with Gasteiger partial charge in [0.1, 0.15) is 23.2 Å². The first-order chi connectivity index (χ1) is 17.7. The first-order valence-corrected chi connectivity index (χ1v) is 13.1. The molecule has 1 N–H and O–H groups in total. The smallest absolute Gasteiger partial charge is 0.177 e. The highest BCUT2D eigenvalue weighted by Gasteiger charge is 2.57. The van der Waals surface area contributed by atoms with E-state index >= 15 is 0 Å². The summed E-state index contributed by atoms with van der Waals surface area (Å²) in [5, 5.41) is 11.1. The zero-order chi connectivity index (χ0) is 26.6. The molecule has 1 heterocycles. The van der Waals surface area contributed by atoms with E-state index in [1.165, 1.54) is 14.0 Å². The van der Waals surface area contributed by atoms with Gasteiger partial charge in [-0.1, -0.05) is 6.92 Å². The van der Waals surface area contributed by atoms with Crippen LogP contribution < -0.4 is 4.74 Å². The van der Waals surface area contributed by atoms with Crippen molar-refractivity contribution in [3.05, 3.63) is 22.8 Å². The monoisotopic (exact) mass is 511 g/mol. The molecule has 1 aromatic rings. The molecular weight excluding hydrogens is 478 g/mol. The number of ether oxygens (including phenoxy) is 2. The van der Waals surface area contributed by atoms with E-state index in [1.807, 2.05) is 0 Å². The number of fused-ring (bicyclic) bond motifs is 3. The molecule has 0 radical (unpaired) electrons. The van der Waals surface area contributed by atoms with E-state index in [0.29, 0.717) is 37.4 Å². The molecule has 1 saturated heterocycles. The van der Waals surface area contributed by atoms with Crippen molar-refractivity contribution in [3.8, 4) is 11.5 Å². The number of carbonyl (C=O) groups excluding carboxylic acids is 5. The van der Waals surface area contributed by atoms with Gasteiger partial charge in [-0.15, -0.1) is 0 Å². The number of benzene rings is 1. The Kier molecular flexibility index (Phi) is 6.79. The third-order valence-corrected chi connectivity index (χ3v) is 8.64. The average molecular weight is 512 g/mol. The van der Waals surface area contributed by atoms with Crippen LogP contribution in [0.25, 0.3) is 0 Å². The normalized spacial score (nSPS) is 32.0. The molecule has 0 amide bonds. The molecule has 3 fully saturated rings. The van der Waals surface area contributed by atoms with Gasteiger partial charge >= 0.3 is 0 Å². The van der Waals surface area contributed by atoms with E-state index < -0.39 is 58.5 Å². The highest BCUT2D eigenvalue weighted by Crippen LogP contribution is 2.51. The van der Waals surface area contributed by atoms with E-state index in [2.05, 4.69) is 11.8 Å². The summed E-state index contributed by atoms with van der Waals surface area (Å²) in [6.45, 7) is 5.91. The second-order valence-electron chi connectivity index (χ2n) is 10.8. The van der Waals surface area contributed by atoms with Crippen molar-refractivity contribution in [2.24, 2.45) is 29.6 Å². The van der Waals surface area contributed by atoms with Crippen LogP contribution in [0.3, 0.4) is 0 Å². The first-order valence-electron chi connectivity index (χ1n) is 13.1. The van der Waals surface area contributed by atoms with Crippen molar-refractivity contribution in [1.29, 1.82) is 0 Å². The van der Waals surface area contributed by atoms with Crippen molar-refractivity contribution < 1.29 is 38.6 Å². The summed E-state index contributed by atoms with van der Waals surface area (Å²) in [7, 11) is 1.53. The Morgan fingerprint density at radius 3 is 2.54 bits per heavy atom. The molecule has 37 heavy (non-hydrogen) atoms. The molecule has 1 aliphatic heterocycles. The van der Waals surface area contributed by atoms with E-state index in [9.17, 15) is 29.1 Å². The van der Waals surface area contributed by atoms with Crippen LogP contribution in [0.2, 0.25) is 0 Å². The van der Waals surface area contributed by atoms with Crippen LogP contribution in [0.4, 0.5) is 0 Å². The van der Waals surface area contributed by atoms with E-state index in [-0.39, 0.29) is 23.8 Å². The summed E-state index contributed by atoms with van der Waals surface area (Å²) in [5.74, 6) is -7.03. The Labute approximate surface area is 215 Å². The Morgan fingerprint density at radius 2 is 1.86 bits per heavy atom. The van der Waals surface area contributed by atoms with E-state index in [4.69, 9.17) is 9.47 Å². The lowest BCUT2D eigenvalue weighted by Crippen LogP contribution is -2.55. The summed E-state index contributed by atoms with van der Waals surface area (Å²) in [6.07, 6.45) is 1.58. The van der Waals surface area contributed by atoms with Gasteiger partial charge in [0, 0.05) is 24.1 Å². The van der Waals surface area contributed by atoms with Gasteiger partial charge in [-0.3, -0.25) is 28.9 Å². The molecule has 0 spiro atoms. The number of hydrogen-bond donors (Lipinski definition) is 1. The summed E-state index contributed by atoms with van der Waals surface area (Å²) in [5.41, 5.74) is 1.37. The van der Waals surface area contributed by atoms with Gasteiger partial charge in [0.05, 0.1) is 43.8 Å². The lowest BCUT2D eigenvalue weighted by Gasteiger charge is -2.44. The number of carbonyl (C=O) groups is 5. The van der Waals surface area contributed by atoms with Crippen LogP contribution in [-0.2, 0) is 30.3 Å². The predicted molar refractivity (Wildman–Crippen MR) is 131 cm³/mol. The summed E-state index contributed by atoms with van der Waals surface area (Å²) in [6, 6.07) is 1.40. The minimum atomic E-state index is -1.42. The average Bonchev–Trinajstić information content (AvgIpc) is 2.83. The zero-order valence-electron chi connectivity index (χ0n) is 21.5. The first kappa shape index (κ1) is 25.7. The number of nitrogens with zero attached hydrogens (tertiary/aromatic N) is 1. The molecule has 6 unspecified atom stereocenters. The van der Waals surface area contributed by atoms with Crippen molar-refractivity contribution in [3.63, 3.8) is 0 Å². The van der Waals surface area contributed by atoms with Crippen LogP contribution in [0.5, 0.6) is 11.5 Å². The number of Topliss-reactive ketones (excluding diaryl/α,β-unsaturated/α-hetero) is 5. The number of phenolic OH excluding ortho intramolecular Hbond substituents is 1. The van der Waals surface area contributed by atoms with Crippen LogP contribution in [0.1, 0.15) is 60.6 Å². The van der Waals surface area contributed by atoms with Crippen molar-refractivity contribution in [1.82, 2.24) is 4.90 Å². The maximum Gasteiger partial charge on any atom is 0.177 e. The molecule has 4 aliphatic rings. The molecule has 6 atom stereocenters. The lowest BCUT2D eigenvalue weighted by atomic mass is 9.55. The largest absolute Gasteiger partial charge is 0.507 e. The minimum Gasteiger partial charge on any atom is -0.507 e. The molecule has 5 rings (SSSR count). The Morgan fingerprint density at radius 1 is 1.14 bits per heavy atom. The fourth-order valence-electron chi connectivity index (χ4n) is 7.16. The number of hydrogen-bond acceptors (Lipinski definition) is 9. The van der Waals surface area contributed by atoms with Crippen molar-refractivity contribution >= 4 is 28.9 Å². The molecule has 198 valence electrons. The molecular formula is C28H33NO8. The van der Waals surface area contributed by atoms with Crippen LogP contribution in [-0.4, -0.2) is 72.3 Å². The van der Waals surface area contributed by atoms with Crippen molar-refractivity contribution in [2.75, 3.05) is 33.4 Å².